The van der Waals surface area contributed by atoms with E-state index in [4.69, 9.17) is 46.3 Å². The van der Waals surface area contributed by atoms with Crippen molar-refractivity contribution in [2.75, 3.05) is 13.1 Å². The lowest BCUT2D eigenvalue weighted by molar-refractivity contribution is -2.00. The van der Waals surface area contributed by atoms with Gasteiger partial charge in [-0.3, -0.25) is 4.79 Å². The van der Waals surface area contributed by atoms with Crippen molar-refractivity contribution in [1.29, 1.82) is 0 Å². The van der Waals surface area contributed by atoms with E-state index in [0.717, 1.165) is 18.0 Å². The molecule has 0 radical (unpaired) electrons. The summed E-state index contributed by atoms with van der Waals surface area (Å²) in [7, 11) is -4.94. The van der Waals surface area contributed by atoms with Crippen molar-refractivity contribution in [3.05, 3.63) is 61.9 Å². The highest BCUT2D eigenvalue weighted by atomic mass is 35.7. The zero-order valence-electron chi connectivity index (χ0n) is 21.3. The van der Waals surface area contributed by atoms with Crippen LogP contribution in [0, 0.1) is 22.1 Å². The molecule has 0 fully saturated rings. The van der Waals surface area contributed by atoms with E-state index in [1.54, 1.807) is 0 Å². The highest BCUT2D eigenvalue weighted by Crippen LogP contribution is 2.41. The van der Waals surface area contributed by atoms with Crippen molar-refractivity contribution in [3.8, 4) is 16.9 Å². The van der Waals surface area contributed by atoms with Gasteiger partial charge in [-0.1, -0.05) is 57.0 Å². The number of hydrogen-bond donors (Lipinski definition) is 2. The maximum absolute atomic E-state index is 14.1. The van der Waals surface area contributed by atoms with Crippen LogP contribution in [0.5, 0.6) is 5.75 Å². The Morgan fingerprint density at radius 1 is 1.00 bits per heavy atom. The van der Waals surface area contributed by atoms with Crippen molar-refractivity contribution in [2.45, 2.75) is 40.4 Å². The molecule has 0 bridgehead atoms. The lowest BCUT2D eigenvalue weighted by Gasteiger charge is -2.24. The first-order valence-electron chi connectivity index (χ1n) is 11.6. The van der Waals surface area contributed by atoms with E-state index < -0.39 is 33.2 Å². The van der Waals surface area contributed by atoms with Crippen LogP contribution in [0.25, 0.3) is 22.1 Å². The molecule has 2 N–H and O–H groups in total. The third-order valence-corrected chi connectivity index (χ3v) is 5.97. The van der Waals surface area contributed by atoms with Gasteiger partial charge < -0.3 is 14.4 Å². The van der Waals surface area contributed by atoms with Crippen LogP contribution in [0.15, 0.2) is 39.5 Å². The Balaban J connectivity index is 0.000000976. The van der Waals surface area contributed by atoms with E-state index in [1.165, 1.54) is 30.3 Å². The van der Waals surface area contributed by atoms with E-state index >= 15 is 0 Å². The van der Waals surface area contributed by atoms with Crippen molar-refractivity contribution in [1.82, 2.24) is 0 Å². The second kappa shape index (κ2) is 13.0. The van der Waals surface area contributed by atoms with Gasteiger partial charge in [-0.25, -0.2) is 18.6 Å². The van der Waals surface area contributed by atoms with Gasteiger partial charge in [-0.2, -0.15) is 13.2 Å². The lowest BCUT2D eigenvalue weighted by atomic mass is 9.99. The van der Waals surface area contributed by atoms with Gasteiger partial charge in [-0.15, -0.1) is 10.2 Å². The number of aromatic hydroxyl groups is 1. The van der Waals surface area contributed by atoms with Gasteiger partial charge in [0.2, 0.25) is 11.2 Å². The number of phenols is 1. The van der Waals surface area contributed by atoms with Crippen LogP contribution in [0.2, 0.25) is 10.0 Å². The molecule has 0 aliphatic heterocycles. The summed E-state index contributed by atoms with van der Waals surface area (Å²) in [6, 6.07) is 6.48. The minimum Gasteiger partial charge on any atom is -0.507 e. The highest BCUT2D eigenvalue weighted by Gasteiger charge is 2.40. The molecular formula is C25H27Cl3F3NO7. The minimum absolute atomic E-state index is 0.0599. The average Bonchev–Trinajstić information content (AvgIpc) is 2.73. The van der Waals surface area contributed by atoms with E-state index in [0.29, 0.717) is 11.8 Å². The summed E-state index contributed by atoms with van der Waals surface area (Å²) in [6.07, 6.45) is -4.98. The summed E-state index contributed by atoms with van der Waals surface area (Å²) in [5, 5.41) is 10.6. The van der Waals surface area contributed by atoms with E-state index in [2.05, 4.69) is 0 Å². The summed E-state index contributed by atoms with van der Waals surface area (Å²) in [4.78, 5) is 14.5. The Kier molecular flexibility index (Phi) is 11.1. The molecule has 39 heavy (non-hydrogen) atoms. The number of fused-ring (bicyclic) bond motifs is 1. The number of alkyl halides is 3. The van der Waals surface area contributed by atoms with Crippen LogP contribution in [-0.2, 0) is 12.7 Å². The summed E-state index contributed by atoms with van der Waals surface area (Å²) in [5.41, 5.74) is -1.79. The van der Waals surface area contributed by atoms with Crippen LogP contribution in [0.3, 0.4) is 0 Å². The van der Waals surface area contributed by atoms with Crippen LogP contribution in [0.1, 0.15) is 39.0 Å². The Labute approximate surface area is 234 Å². The molecule has 0 saturated carbocycles. The third-order valence-electron chi connectivity index (χ3n) is 5.42. The van der Waals surface area contributed by atoms with E-state index in [1.807, 2.05) is 27.7 Å². The van der Waals surface area contributed by atoms with Gasteiger partial charge in [-0.05, 0) is 24.3 Å². The van der Waals surface area contributed by atoms with E-state index in [9.17, 15) is 23.1 Å². The van der Waals surface area contributed by atoms with Gasteiger partial charge in [0.1, 0.15) is 12.3 Å². The molecule has 2 aromatic carbocycles. The summed E-state index contributed by atoms with van der Waals surface area (Å²) >= 11 is 12.0. The Morgan fingerprint density at radius 3 is 2.00 bits per heavy atom. The van der Waals surface area contributed by atoms with Gasteiger partial charge in [0.15, 0.2) is 5.58 Å². The number of rotatable bonds is 7. The largest absolute Gasteiger partial charge is 0.507 e. The molecule has 14 heteroatoms. The molecule has 8 nitrogen and oxygen atoms in total. The molecule has 1 heterocycles. The quantitative estimate of drug-likeness (QED) is 0.408. The highest BCUT2D eigenvalue weighted by molar-refractivity contribution is 6.36. The molecule has 0 saturated heterocycles. The van der Waals surface area contributed by atoms with Gasteiger partial charge in [0.25, 0.3) is 0 Å². The molecule has 3 rings (SSSR count). The topological polar surface area (TPSA) is 147 Å². The van der Waals surface area contributed by atoms with Crippen molar-refractivity contribution in [3.63, 3.8) is 0 Å². The van der Waals surface area contributed by atoms with Crippen LogP contribution in [0.4, 0.5) is 13.2 Å². The Bertz CT molecular complexity index is 1340. The predicted octanol–water partition coefficient (Wildman–Crippen LogP) is 1.43. The standard InChI is InChI=1S/C25H26Cl2F3NO3.ClHO4/c1-13(2)10-31(11-14(3)4)12-18-20(32)8-7-17-22(33)21(16-6-5-15(26)9-19(16)27)24(25(28,29)30)34-23(17)18;2-1(3,4)5/h5-9,13-14,32H,10-12H2,1-4H3;(H,2,3,4,5). The second-order valence-corrected chi connectivity index (χ2v) is 11.3. The minimum atomic E-state index is -4.98. The van der Waals surface area contributed by atoms with E-state index in [-0.39, 0.29) is 44.4 Å². The number of hydrogen-bond acceptors (Lipinski definition) is 7. The first kappa shape index (κ1) is 33.1. The summed E-state index contributed by atoms with van der Waals surface area (Å²) in [5.74, 6) is -1.04. The maximum atomic E-state index is 14.1. The first-order valence-corrected chi connectivity index (χ1v) is 13.6. The molecule has 1 aromatic heterocycles. The summed E-state index contributed by atoms with van der Waals surface area (Å²) in [6.45, 7) is 9.88. The molecule has 0 aliphatic carbocycles. The fraction of sp³-hybridized carbons (Fsp3) is 0.400. The molecule has 0 aliphatic rings. The smallest absolute Gasteiger partial charge is 0.450 e. The number of phenolic OH excluding ortho intramolecular Hbond substituents is 1. The monoisotopic (exact) mass is 615 g/mol. The molecule has 0 amide bonds. The molecule has 216 valence electrons. The first-order chi connectivity index (χ1) is 17.8. The van der Waals surface area contributed by atoms with Crippen molar-refractivity contribution in [2.24, 2.45) is 11.8 Å². The Morgan fingerprint density at radius 2 is 1.54 bits per heavy atom. The normalized spacial score (nSPS) is 12.4. The van der Waals surface area contributed by atoms with Gasteiger partial charge >= 0.3 is 6.18 Å². The maximum Gasteiger partial charge on any atom is 0.450 e. The predicted molar refractivity (Wildman–Crippen MR) is 129 cm³/mol. The molecule has 0 spiro atoms. The molecule has 3 aromatic rings. The average molecular weight is 617 g/mol. The summed E-state index contributed by atoms with van der Waals surface area (Å²) < 4.78 is 81.7. The SMILES string of the molecule is CC(C)C[NH+](Cc1c(O)ccc2c(=O)c(-c3ccc(Cl)cc3Cl)c(C(F)(F)F)oc12)CC(C)C.[O-][Cl+3]([O-])([O-])[O-]. The fourth-order valence-electron chi connectivity index (χ4n) is 4.24. The van der Waals surface area contributed by atoms with Crippen molar-refractivity contribution >= 4 is 34.2 Å². The Hall–Kier alpha value is -2.09. The lowest BCUT2D eigenvalue weighted by Crippen LogP contribution is -3.11. The van der Waals surface area contributed by atoms with Crippen LogP contribution < -0.4 is 29.0 Å². The number of quaternary nitrogens is 1. The fourth-order valence-corrected chi connectivity index (χ4v) is 4.75. The van der Waals surface area contributed by atoms with Crippen LogP contribution >= 0.6 is 23.2 Å². The van der Waals surface area contributed by atoms with Crippen molar-refractivity contribution < 1.29 is 56.5 Å². The molecule has 0 unspecified atom stereocenters. The number of nitrogens with one attached hydrogen (secondary N) is 1. The van der Waals surface area contributed by atoms with Gasteiger partial charge in [0, 0.05) is 22.4 Å². The van der Waals surface area contributed by atoms with Gasteiger partial charge in [0.05, 0.1) is 34.6 Å². The molecule has 0 atom stereocenters. The zero-order chi connectivity index (χ0) is 29.9. The second-order valence-electron chi connectivity index (χ2n) is 9.70. The third kappa shape index (κ3) is 9.51. The molecular weight excluding hydrogens is 590 g/mol. The number of benzene rings is 2. The van der Waals surface area contributed by atoms with Crippen LogP contribution in [-0.4, -0.2) is 18.2 Å². The number of halogens is 6. The zero-order valence-corrected chi connectivity index (χ0v) is 23.6.